The van der Waals surface area contributed by atoms with E-state index < -0.39 is 36.9 Å². The molecule has 6 nitrogen and oxygen atoms in total. The number of carbonyl (C=O) groups excluding carboxylic acids is 1. The van der Waals surface area contributed by atoms with Crippen LogP contribution in [0.2, 0.25) is 0 Å². The Labute approximate surface area is 379 Å². The van der Waals surface area contributed by atoms with Gasteiger partial charge in [0.25, 0.3) is 0 Å². The van der Waals surface area contributed by atoms with Crippen LogP contribution in [0.3, 0.4) is 0 Å². The lowest BCUT2D eigenvalue weighted by atomic mass is 10.00. The summed E-state index contributed by atoms with van der Waals surface area (Å²) in [6.07, 6.45) is 60.6. The fourth-order valence-electron chi connectivity index (χ4n) is 8.32. The van der Waals surface area contributed by atoms with Crippen molar-refractivity contribution in [1.82, 2.24) is 5.32 Å². The number of allylic oxidation sites excluding steroid dienone is 6. The first-order chi connectivity index (χ1) is 30.0. The third-order valence-corrected chi connectivity index (χ3v) is 12.6. The summed E-state index contributed by atoms with van der Waals surface area (Å²) >= 11 is 0. The Balaban J connectivity index is 3.71. The van der Waals surface area contributed by atoms with Gasteiger partial charge in [0.1, 0.15) is 12.2 Å². The molecule has 0 radical (unpaired) electrons. The van der Waals surface area contributed by atoms with Crippen LogP contribution in [0.4, 0.5) is 0 Å². The smallest absolute Gasteiger partial charge is 0.249 e. The van der Waals surface area contributed by atoms with Gasteiger partial charge in [-0.1, -0.05) is 243 Å². The van der Waals surface area contributed by atoms with Crippen LogP contribution in [0.15, 0.2) is 36.5 Å². The second-order valence-electron chi connectivity index (χ2n) is 18.6. The predicted octanol–water partition coefficient (Wildman–Crippen LogP) is 15.2. The Morgan fingerprint density at radius 1 is 0.410 bits per heavy atom. The van der Waals surface area contributed by atoms with Crippen molar-refractivity contribution in [2.75, 3.05) is 6.61 Å². The van der Waals surface area contributed by atoms with Crippen LogP contribution < -0.4 is 5.32 Å². The molecule has 4 atom stereocenters. The van der Waals surface area contributed by atoms with Gasteiger partial charge in [-0.05, 0) is 70.6 Å². The minimum absolute atomic E-state index is 0.351. The van der Waals surface area contributed by atoms with E-state index in [-0.39, 0.29) is 0 Å². The number of hydrogen-bond donors (Lipinski definition) is 5. The Morgan fingerprint density at radius 3 is 1.08 bits per heavy atom. The monoisotopic (exact) mass is 860 g/mol. The van der Waals surface area contributed by atoms with Gasteiger partial charge in [0, 0.05) is 0 Å². The molecule has 0 aliphatic rings. The zero-order chi connectivity index (χ0) is 44.5. The highest BCUT2D eigenvalue weighted by molar-refractivity contribution is 5.80. The lowest BCUT2D eigenvalue weighted by molar-refractivity contribution is -0.132. The Bertz CT molecular complexity index is 966. The molecule has 0 aliphatic carbocycles. The maximum atomic E-state index is 12.6. The zero-order valence-corrected chi connectivity index (χ0v) is 40.7. The van der Waals surface area contributed by atoms with Crippen LogP contribution in [0, 0.1) is 0 Å². The number of aliphatic hydroxyl groups excluding tert-OH is 4. The van der Waals surface area contributed by atoms with Gasteiger partial charge in [-0.15, -0.1) is 0 Å². The van der Waals surface area contributed by atoms with Gasteiger partial charge in [-0.2, -0.15) is 0 Å². The summed E-state index contributed by atoms with van der Waals surface area (Å²) in [7, 11) is 0. The first-order valence-corrected chi connectivity index (χ1v) is 26.9. The molecule has 360 valence electrons. The topological polar surface area (TPSA) is 110 Å². The van der Waals surface area contributed by atoms with Crippen molar-refractivity contribution in [3.8, 4) is 0 Å². The third kappa shape index (κ3) is 43.6. The van der Waals surface area contributed by atoms with E-state index in [0.717, 1.165) is 57.8 Å². The van der Waals surface area contributed by atoms with Crippen LogP contribution in [0.5, 0.6) is 0 Å². The SMILES string of the molecule is CCCCCCCCCCC/C=C\C/C=C\CCCCCCCCC(O)C(=O)NC(CO)C(O)C(O)CCC/C=C/CCCCCCCCCCCCCCCCCCCC. The van der Waals surface area contributed by atoms with Crippen molar-refractivity contribution < 1.29 is 25.2 Å². The molecule has 0 aliphatic heterocycles. The summed E-state index contributed by atoms with van der Waals surface area (Å²) in [4.78, 5) is 12.6. The number of hydrogen-bond acceptors (Lipinski definition) is 5. The second kappa shape index (κ2) is 49.5. The highest BCUT2D eigenvalue weighted by Crippen LogP contribution is 2.17. The molecule has 5 N–H and O–H groups in total. The van der Waals surface area contributed by atoms with E-state index in [1.165, 1.54) is 193 Å². The summed E-state index contributed by atoms with van der Waals surface area (Å²) in [6.45, 7) is 4.06. The molecule has 0 fully saturated rings. The molecule has 0 saturated heterocycles. The van der Waals surface area contributed by atoms with Crippen molar-refractivity contribution in [2.45, 2.75) is 301 Å². The van der Waals surface area contributed by atoms with Crippen molar-refractivity contribution in [3.05, 3.63) is 36.5 Å². The molecule has 0 aromatic heterocycles. The van der Waals surface area contributed by atoms with Crippen LogP contribution in [-0.4, -0.2) is 57.3 Å². The lowest BCUT2D eigenvalue weighted by Gasteiger charge is -2.27. The molecular weight excluding hydrogens is 755 g/mol. The maximum Gasteiger partial charge on any atom is 0.249 e. The molecule has 61 heavy (non-hydrogen) atoms. The molecule has 1 amide bonds. The molecule has 0 heterocycles. The van der Waals surface area contributed by atoms with Gasteiger partial charge in [0.05, 0.1) is 18.8 Å². The Hall–Kier alpha value is -1.47. The summed E-state index contributed by atoms with van der Waals surface area (Å²) < 4.78 is 0. The molecule has 0 bridgehead atoms. The molecular formula is C55H105NO5. The number of rotatable bonds is 49. The first-order valence-electron chi connectivity index (χ1n) is 26.9. The van der Waals surface area contributed by atoms with Crippen molar-refractivity contribution >= 4 is 5.91 Å². The average Bonchev–Trinajstić information content (AvgIpc) is 3.26. The molecule has 6 heteroatoms. The van der Waals surface area contributed by atoms with E-state index in [4.69, 9.17) is 0 Å². The zero-order valence-electron chi connectivity index (χ0n) is 40.7. The van der Waals surface area contributed by atoms with E-state index in [1.807, 2.05) is 0 Å². The van der Waals surface area contributed by atoms with Gasteiger partial charge in [-0.3, -0.25) is 4.79 Å². The molecule has 0 aromatic carbocycles. The minimum Gasteiger partial charge on any atom is -0.394 e. The fourth-order valence-corrected chi connectivity index (χ4v) is 8.32. The normalized spacial score (nSPS) is 14.1. The lowest BCUT2D eigenvalue weighted by Crippen LogP contribution is -2.53. The van der Waals surface area contributed by atoms with E-state index >= 15 is 0 Å². The number of amides is 1. The van der Waals surface area contributed by atoms with Crippen LogP contribution in [0.1, 0.15) is 277 Å². The van der Waals surface area contributed by atoms with E-state index in [9.17, 15) is 25.2 Å². The van der Waals surface area contributed by atoms with E-state index in [0.29, 0.717) is 12.8 Å². The van der Waals surface area contributed by atoms with Crippen LogP contribution >= 0.6 is 0 Å². The quantitative estimate of drug-likeness (QED) is 0.0309. The number of nitrogens with one attached hydrogen (secondary N) is 1. The summed E-state index contributed by atoms with van der Waals surface area (Å²) in [5, 5.41) is 43.9. The predicted molar refractivity (Wildman–Crippen MR) is 265 cm³/mol. The summed E-state index contributed by atoms with van der Waals surface area (Å²) in [5.41, 5.74) is 0. The van der Waals surface area contributed by atoms with E-state index in [2.05, 4.69) is 55.6 Å². The second-order valence-corrected chi connectivity index (χ2v) is 18.6. The third-order valence-electron chi connectivity index (χ3n) is 12.6. The standard InChI is InChI=1S/C55H105NO5/c1-3-5-7-9-11-13-15-17-19-21-23-25-27-29-30-32-34-36-38-40-42-44-46-48-52(58)54(60)51(50-57)56-55(61)53(59)49-47-45-43-41-39-37-35-33-31-28-26-24-22-20-18-16-14-12-10-8-6-4-2/h24,26,31,33,40,42,51-54,57-60H,3-23,25,27-30,32,34-39,41,43-50H2,1-2H3,(H,56,61)/b26-24-,33-31-,42-40+. The van der Waals surface area contributed by atoms with Crippen molar-refractivity contribution in [1.29, 1.82) is 0 Å². The highest BCUT2D eigenvalue weighted by Gasteiger charge is 2.28. The maximum absolute atomic E-state index is 12.6. The van der Waals surface area contributed by atoms with Gasteiger partial charge >= 0.3 is 0 Å². The molecule has 0 spiro atoms. The number of carbonyl (C=O) groups is 1. The molecule has 0 aromatic rings. The number of unbranched alkanes of at least 4 members (excludes halogenated alkanes) is 34. The van der Waals surface area contributed by atoms with Gasteiger partial charge in [-0.25, -0.2) is 0 Å². The summed E-state index contributed by atoms with van der Waals surface area (Å²) in [5.74, 6) is -0.599. The Morgan fingerprint density at radius 2 is 0.721 bits per heavy atom. The van der Waals surface area contributed by atoms with Gasteiger partial charge in [0.2, 0.25) is 5.91 Å². The molecule has 0 rings (SSSR count). The van der Waals surface area contributed by atoms with E-state index in [1.54, 1.807) is 0 Å². The number of aliphatic hydroxyl groups is 4. The molecule has 0 saturated carbocycles. The first kappa shape index (κ1) is 59.5. The Kier molecular flexibility index (Phi) is 48.3. The average molecular weight is 860 g/mol. The van der Waals surface area contributed by atoms with Crippen molar-refractivity contribution in [2.24, 2.45) is 0 Å². The highest BCUT2D eigenvalue weighted by atomic mass is 16.3. The van der Waals surface area contributed by atoms with Gasteiger partial charge < -0.3 is 25.7 Å². The van der Waals surface area contributed by atoms with Crippen LogP contribution in [0.25, 0.3) is 0 Å². The van der Waals surface area contributed by atoms with Crippen molar-refractivity contribution in [3.63, 3.8) is 0 Å². The minimum atomic E-state index is -1.29. The summed E-state index contributed by atoms with van der Waals surface area (Å²) in [6, 6.07) is -1.01. The molecule has 4 unspecified atom stereocenters. The largest absolute Gasteiger partial charge is 0.394 e. The van der Waals surface area contributed by atoms with Gasteiger partial charge in [0.15, 0.2) is 0 Å². The fraction of sp³-hybridized carbons (Fsp3) is 0.873. The van der Waals surface area contributed by atoms with Crippen LogP contribution in [-0.2, 0) is 4.79 Å².